The van der Waals surface area contributed by atoms with Crippen molar-refractivity contribution in [3.63, 3.8) is 0 Å². The van der Waals surface area contributed by atoms with Crippen molar-refractivity contribution < 1.29 is 14.3 Å². The van der Waals surface area contributed by atoms with E-state index in [1.807, 2.05) is 36.5 Å². The van der Waals surface area contributed by atoms with Gasteiger partial charge in [0.15, 0.2) is 0 Å². The number of benzene rings is 2. The number of H-pyrrole nitrogens is 1. The van der Waals surface area contributed by atoms with Crippen molar-refractivity contribution in [3.05, 3.63) is 59.8 Å². The van der Waals surface area contributed by atoms with Gasteiger partial charge in [-0.1, -0.05) is 19.9 Å². The molecule has 0 aliphatic rings. The first kappa shape index (κ1) is 17.9. The first-order chi connectivity index (χ1) is 12.4. The van der Waals surface area contributed by atoms with Crippen LogP contribution in [0.4, 0.5) is 0 Å². The van der Waals surface area contributed by atoms with Crippen LogP contribution in [0.15, 0.2) is 48.7 Å². The fourth-order valence-electron chi connectivity index (χ4n) is 3.05. The lowest BCUT2D eigenvalue weighted by atomic mass is 9.84. The van der Waals surface area contributed by atoms with Crippen molar-refractivity contribution in [1.82, 2.24) is 10.3 Å². The SMILES string of the molecule is COc1cccc(C(=O)NCC(C)(C)c2c[nH]c3ccc(OC)cc23)c1. The summed E-state index contributed by atoms with van der Waals surface area (Å²) < 4.78 is 10.5. The van der Waals surface area contributed by atoms with Gasteiger partial charge in [0.2, 0.25) is 0 Å². The highest BCUT2D eigenvalue weighted by Crippen LogP contribution is 2.32. The Morgan fingerprint density at radius 1 is 1.08 bits per heavy atom. The third-order valence-corrected chi connectivity index (χ3v) is 4.64. The van der Waals surface area contributed by atoms with E-state index in [0.717, 1.165) is 22.2 Å². The molecule has 0 saturated heterocycles. The van der Waals surface area contributed by atoms with Crippen LogP contribution in [0.5, 0.6) is 11.5 Å². The molecule has 136 valence electrons. The van der Waals surface area contributed by atoms with Crippen molar-refractivity contribution in [1.29, 1.82) is 0 Å². The molecule has 0 bridgehead atoms. The van der Waals surface area contributed by atoms with Gasteiger partial charge in [0, 0.05) is 34.6 Å². The molecule has 0 aliphatic carbocycles. The maximum absolute atomic E-state index is 12.5. The molecule has 0 aliphatic heterocycles. The van der Waals surface area contributed by atoms with E-state index in [4.69, 9.17) is 9.47 Å². The van der Waals surface area contributed by atoms with E-state index < -0.39 is 0 Å². The van der Waals surface area contributed by atoms with Gasteiger partial charge in [-0.15, -0.1) is 0 Å². The number of carbonyl (C=O) groups is 1. The maximum atomic E-state index is 12.5. The highest BCUT2D eigenvalue weighted by molar-refractivity contribution is 5.94. The molecule has 0 radical (unpaired) electrons. The summed E-state index contributed by atoms with van der Waals surface area (Å²) in [6, 6.07) is 13.1. The van der Waals surface area contributed by atoms with Crippen LogP contribution in [0.1, 0.15) is 29.8 Å². The fourth-order valence-corrected chi connectivity index (χ4v) is 3.05. The van der Waals surface area contributed by atoms with E-state index >= 15 is 0 Å². The molecule has 1 heterocycles. The molecular formula is C21H24N2O3. The van der Waals surface area contributed by atoms with Crippen molar-refractivity contribution in [2.45, 2.75) is 19.3 Å². The lowest BCUT2D eigenvalue weighted by Crippen LogP contribution is -2.36. The van der Waals surface area contributed by atoms with Crippen LogP contribution in [0, 0.1) is 0 Å². The second kappa shape index (κ2) is 7.12. The lowest BCUT2D eigenvalue weighted by Gasteiger charge is -2.25. The standard InChI is InChI=1S/C21H24N2O3/c1-21(2,13-23-20(24)14-6-5-7-15(10-14)25-3)18-12-22-19-9-8-16(26-4)11-17(18)19/h5-12,22H,13H2,1-4H3,(H,23,24). The smallest absolute Gasteiger partial charge is 0.251 e. The first-order valence-electron chi connectivity index (χ1n) is 8.52. The number of aromatic nitrogens is 1. The molecule has 0 fully saturated rings. The summed E-state index contributed by atoms with van der Waals surface area (Å²) in [6.07, 6.45) is 2.00. The predicted molar refractivity (Wildman–Crippen MR) is 103 cm³/mol. The van der Waals surface area contributed by atoms with E-state index in [1.165, 1.54) is 0 Å². The molecule has 0 saturated carbocycles. The molecular weight excluding hydrogens is 328 g/mol. The Bertz CT molecular complexity index is 928. The first-order valence-corrected chi connectivity index (χ1v) is 8.52. The molecule has 1 amide bonds. The van der Waals surface area contributed by atoms with Crippen LogP contribution in [-0.2, 0) is 5.41 Å². The van der Waals surface area contributed by atoms with Crippen LogP contribution in [-0.4, -0.2) is 31.7 Å². The Balaban J connectivity index is 1.79. The molecule has 3 aromatic rings. The minimum atomic E-state index is -0.251. The second-order valence-electron chi connectivity index (χ2n) is 6.91. The Morgan fingerprint density at radius 2 is 1.81 bits per heavy atom. The number of amides is 1. The maximum Gasteiger partial charge on any atom is 0.251 e. The number of hydrogen-bond donors (Lipinski definition) is 2. The van der Waals surface area contributed by atoms with Crippen molar-refractivity contribution in [3.8, 4) is 11.5 Å². The Hall–Kier alpha value is -2.95. The Kier molecular flexibility index (Phi) is 4.89. The topological polar surface area (TPSA) is 63.3 Å². The molecule has 5 nitrogen and oxygen atoms in total. The van der Waals surface area contributed by atoms with E-state index in [0.29, 0.717) is 17.9 Å². The minimum absolute atomic E-state index is 0.116. The van der Waals surface area contributed by atoms with Crippen LogP contribution >= 0.6 is 0 Å². The number of nitrogens with one attached hydrogen (secondary N) is 2. The lowest BCUT2D eigenvalue weighted by molar-refractivity contribution is 0.0945. The van der Waals surface area contributed by atoms with E-state index in [9.17, 15) is 4.79 Å². The number of hydrogen-bond acceptors (Lipinski definition) is 3. The quantitative estimate of drug-likeness (QED) is 0.707. The van der Waals surface area contributed by atoms with Gasteiger partial charge in [0.1, 0.15) is 11.5 Å². The molecule has 3 rings (SSSR count). The number of carbonyl (C=O) groups excluding carboxylic acids is 1. The zero-order valence-electron chi connectivity index (χ0n) is 15.6. The summed E-state index contributed by atoms with van der Waals surface area (Å²) in [4.78, 5) is 15.8. The van der Waals surface area contributed by atoms with Crippen molar-refractivity contribution in [2.75, 3.05) is 20.8 Å². The molecule has 0 spiro atoms. The number of methoxy groups -OCH3 is 2. The molecule has 26 heavy (non-hydrogen) atoms. The van der Waals surface area contributed by atoms with Gasteiger partial charge in [0.05, 0.1) is 14.2 Å². The monoisotopic (exact) mass is 352 g/mol. The normalized spacial score (nSPS) is 11.4. The molecule has 0 atom stereocenters. The molecule has 1 aromatic heterocycles. The molecule has 5 heteroatoms. The van der Waals surface area contributed by atoms with Crippen LogP contribution < -0.4 is 14.8 Å². The van der Waals surface area contributed by atoms with Gasteiger partial charge >= 0.3 is 0 Å². The Labute approximate surface area is 153 Å². The van der Waals surface area contributed by atoms with Gasteiger partial charge in [-0.05, 0) is 42.0 Å². The molecule has 2 N–H and O–H groups in total. The number of fused-ring (bicyclic) bond motifs is 1. The summed E-state index contributed by atoms with van der Waals surface area (Å²) in [5.74, 6) is 1.37. The summed E-state index contributed by atoms with van der Waals surface area (Å²) in [6.45, 7) is 4.73. The van der Waals surface area contributed by atoms with Crippen molar-refractivity contribution in [2.24, 2.45) is 0 Å². The van der Waals surface area contributed by atoms with E-state index in [-0.39, 0.29) is 11.3 Å². The number of ether oxygens (including phenoxy) is 2. The van der Waals surface area contributed by atoms with Crippen LogP contribution in [0.25, 0.3) is 10.9 Å². The average molecular weight is 352 g/mol. The summed E-state index contributed by atoms with van der Waals surface area (Å²) >= 11 is 0. The average Bonchev–Trinajstić information content (AvgIpc) is 3.10. The van der Waals surface area contributed by atoms with E-state index in [2.05, 4.69) is 24.1 Å². The van der Waals surface area contributed by atoms with Gasteiger partial charge in [-0.2, -0.15) is 0 Å². The number of rotatable bonds is 6. The summed E-state index contributed by atoms with van der Waals surface area (Å²) in [5, 5.41) is 4.13. The molecule has 2 aromatic carbocycles. The van der Waals surface area contributed by atoms with Gasteiger partial charge in [0.25, 0.3) is 5.91 Å². The van der Waals surface area contributed by atoms with Crippen molar-refractivity contribution >= 4 is 16.8 Å². The highest BCUT2D eigenvalue weighted by atomic mass is 16.5. The predicted octanol–water partition coefficient (Wildman–Crippen LogP) is 3.89. The van der Waals surface area contributed by atoms with Gasteiger partial charge in [-0.25, -0.2) is 0 Å². The Morgan fingerprint density at radius 3 is 2.54 bits per heavy atom. The fraction of sp³-hybridized carbons (Fsp3) is 0.286. The zero-order chi connectivity index (χ0) is 18.7. The van der Waals surface area contributed by atoms with E-state index in [1.54, 1.807) is 26.4 Å². The summed E-state index contributed by atoms with van der Waals surface area (Å²) in [5.41, 5.74) is 2.52. The van der Waals surface area contributed by atoms with Gasteiger partial charge < -0.3 is 19.8 Å². The summed E-state index contributed by atoms with van der Waals surface area (Å²) in [7, 11) is 3.25. The third-order valence-electron chi connectivity index (χ3n) is 4.64. The highest BCUT2D eigenvalue weighted by Gasteiger charge is 2.25. The largest absolute Gasteiger partial charge is 0.497 e. The van der Waals surface area contributed by atoms with Crippen LogP contribution in [0.3, 0.4) is 0 Å². The molecule has 0 unspecified atom stereocenters. The number of aromatic amines is 1. The second-order valence-corrected chi connectivity index (χ2v) is 6.91. The van der Waals surface area contributed by atoms with Crippen LogP contribution in [0.2, 0.25) is 0 Å². The third kappa shape index (κ3) is 3.52. The minimum Gasteiger partial charge on any atom is -0.497 e. The zero-order valence-corrected chi connectivity index (χ0v) is 15.6. The van der Waals surface area contributed by atoms with Gasteiger partial charge in [-0.3, -0.25) is 4.79 Å².